The Balaban J connectivity index is 1.62. The Morgan fingerprint density at radius 1 is 0.944 bits per heavy atom. The number of fused-ring (bicyclic) bond motifs is 1. The monoisotopic (exact) mass is 485 g/mol. The highest BCUT2D eigenvalue weighted by molar-refractivity contribution is 6.46. The zero-order valence-corrected chi connectivity index (χ0v) is 19.5. The molecule has 36 heavy (non-hydrogen) atoms. The van der Waals surface area contributed by atoms with E-state index in [2.05, 4.69) is 0 Å². The van der Waals surface area contributed by atoms with E-state index in [4.69, 9.17) is 14.2 Å². The lowest BCUT2D eigenvalue weighted by molar-refractivity contribution is -0.140. The van der Waals surface area contributed by atoms with Gasteiger partial charge in [0.15, 0.2) is 11.5 Å². The van der Waals surface area contributed by atoms with Gasteiger partial charge in [-0.25, -0.2) is 4.79 Å². The van der Waals surface area contributed by atoms with Crippen molar-refractivity contribution in [2.24, 2.45) is 0 Å². The standard InChI is InChI=1S/C28H23NO7/c1-34-28(33)19-9-7-18(8-10-19)24-23(25(30)20-11-12-21-22(15-20)36-14-13-35-21)26(31)27(32)29(24)16-17-5-3-2-4-6-17/h2-12,15,24,30H,13-14,16H2,1H3. The first kappa shape index (κ1) is 23.2. The topological polar surface area (TPSA) is 102 Å². The van der Waals surface area contributed by atoms with Gasteiger partial charge in [-0.05, 0) is 41.5 Å². The third-order valence-corrected chi connectivity index (χ3v) is 6.20. The van der Waals surface area contributed by atoms with Crippen LogP contribution in [0.25, 0.3) is 5.76 Å². The van der Waals surface area contributed by atoms with Gasteiger partial charge in [-0.3, -0.25) is 9.59 Å². The predicted octanol–water partition coefficient (Wildman–Crippen LogP) is 3.87. The number of carbonyl (C=O) groups is 3. The Labute approximate surface area is 207 Å². The number of ether oxygens (including phenoxy) is 3. The number of carbonyl (C=O) groups excluding carboxylic acids is 3. The number of esters is 1. The van der Waals surface area contributed by atoms with Crippen LogP contribution in [0.5, 0.6) is 11.5 Å². The molecule has 1 unspecified atom stereocenters. The number of benzene rings is 3. The number of hydrogen-bond acceptors (Lipinski definition) is 7. The third kappa shape index (κ3) is 4.17. The van der Waals surface area contributed by atoms with E-state index in [0.717, 1.165) is 5.56 Å². The summed E-state index contributed by atoms with van der Waals surface area (Å²) in [5, 5.41) is 11.3. The molecule has 2 aliphatic heterocycles. The molecule has 0 radical (unpaired) electrons. The summed E-state index contributed by atoms with van der Waals surface area (Å²) in [6.07, 6.45) is 0. The molecular weight excluding hydrogens is 462 g/mol. The number of hydrogen-bond donors (Lipinski definition) is 1. The molecule has 1 amide bonds. The van der Waals surface area contributed by atoms with Crippen LogP contribution in [0.2, 0.25) is 0 Å². The maximum absolute atomic E-state index is 13.3. The first-order chi connectivity index (χ1) is 17.5. The number of aliphatic hydroxyl groups excluding tert-OH is 1. The Kier molecular flexibility index (Phi) is 6.16. The normalized spacial score (nSPS) is 18.2. The molecule has 0 spiro atoms. The minimum Gasteiger partial charge on any atom is -0.507 e. The SMILES string of the molecule is COC(=O)c1ccc(C2C(=C(O)c3ccc4c(c3)OCCO4)C(=O)C(=O)N2Cc2ccccc2)cc1. The summed E-state index contributed by atoms with van der Waals surface area (Å²) in [6.45, 7) is 0.947. The highest BCUT2D eigenvalue weighted by atomic mass is 16.6. The minimum absolute atomic E-state index is 0.0431. The fourth-order valence-corrected chi connectivity index (χ4v) is 4.44. The fraction of sp³-hybridized carbons (Fsp3) is 0.179. The van der Waals surface area contributed by atoms with E-state index in [1.807, 2.05) is 30.3 Å². The Bertz CT molecular complexity index is 1360. The lowest BCUT2D eigenvalue weighted by atomic mass is 9.94. The number of aliphatic hydroxyl groups is 1. The highest BCUT2D eigenvalue weighted by Crippen LogP contribution is 2.41. The van der Waals surface area contributed by atoms with Crippen molar-refractivity contribution in [3.63, 3.8) is 0 Å². The molecule has 0 aliphatic carbocycles. The van der Waals surface area contributed by atoms with Crippen LogP contribution in [0.1, 0.15) is 33.1 Å². The average Bonchev–Trinajstić information content (AvgIpc) is 3.17. The van der Waals surface area contributed by atoms with Gasteiger partial charge in [0.1, 0.15) is 19.0 Å². The van der Waals surface area contributed by atoms with Crippen molar-refractivity contribution in [1.82, 2.24) is 4.90 Å². The molecule has 1 saturated heterocycles. The molecule has 0 saturated carbocycles. The molecule has 0 bridgehead atoms. The molecule has 8 nitrogen and oxygen atoms in total. The molecule has 5 rings (SSSR count). The number of methoxy groups -OCH3 is 1. The highest BCUT2D eigenvalue weighted by Gasteiger charge is 2.46. The summed E-state index contributed by atoms with van der Waals surface area (Å²) in [4.78, 5) is 39.8. The summed E-state index contributed by atoms with van der Waals surface area (Å²) in [7, 11) is 1.29. The van der Waals surface area contributed by atoms with Crippen molar-refractivity contribution in [1.29, 1.82) is 0 Å². The lowest BCUT2D eigenvalue weighted by Crippen LogP contribution is -2.29. The zero-order valence-electron chi connectivity index (χ0n) is 19.5. The molecule has 2 aliphatic rings. The van der Waals surface area contributed by atoms with Gasteiger partial charge in [-0.15, -0.1) is 0 Å². The molecule has 0 aromatic heterocycles. The van der Waals surface area contributed by atoms with Gasteiger partial charge >= 0.3 is 5.97 Å². The summed E-state index contributed by atoms with van der Waals surface area (Å²) in [5.74, 6) is -1.35. The summed E-state index contributed by atoms with van der Waals surface area (Å²) < 4.78 is 15.9. The van der Waals surface area contributed by atoms with E-state index in [1.54, 1.807) is 42.5 Å². The maximum Gasteiger partial charge on any atom is 0.337 e. The van der Waals surface area contributed by atoms with E-state index in [1.165, 1.54) is 12.0 Å². The number of rotatable bonds is 5. The van der Waals surface area contributed by atoms with Crippen LogP contribution in [-0.2, 0) is 20.9 Å². The Morgan fingerprint density at radius 2 is 1.61 bits per heavy atom. The quantitative estimate of drug-likeness (QED) is 0.253. The van der Waals surface area contributed by atoms with Crippen LogP contribution in [0.3, 0.4) is 0 Å². The van der Waals surface area contributed by atoms with Crippen molar-refractivity contribution in [3.8, 4) is 11.5 Å². The minimum atomic E-state index is -0.870. The van der Waals surface area contributed by atoms with Gasteiger partial charge in [0, 0.05) is 12.1 Å². The number of Topliss-reactive ketones (excluding diaryl/α,β-unsaturated/α-hetero) is 1. The summed E-state index contributed by atoms with van der Waals surface area (Å²) in [5.41, 5.74) is 2.01. The molecule has 1 atom stereocenters. The largest absolute Gasteiger partial charge is 0.507 e. The average molecular weight is 485 g/mol. The van der Waals surface area contributed by atoms with Crippen molar-refractivity contribution >= 4 is 23.4 Å². The molecule has 3 aromatic rings. The number of amides is 1. The van der Waals surface area contributed by atoms with Crippen LogP contribution >= 0.6 is 0 Å². The molecule has 3 aromatic carbocycles. The molecular formula is C28H23NO7. The van der Waals surface area contributed by atoms with Crippen molar-refractivity contribution < 1.29 is 33.7 Å². The summed E-state index contributed by atoms with van der Waals surface area (Å²) >= 11 is 0. The Hall–Kier alpha value is -4.59. The third-order valence-electron chi connectivity index (χ3n) is 6.20. The number of ketones is 1. The van der Waals surface area contributed by atoms with Crippen molar-refractivity contribution in [2.45, 2.75) is 12.6 Å². The van der Waals surface area contributed by atoms with Crippen molar-refractivity contribution in [3.05, 3.63) is 101 Å². The van der Waals surface area contributed by atoms with E-state index in [9.17, 15) is 19.5 Å². The second-order valence-corrected chi connectivity index (χ2v) is 8.38. The second-order valence-electron chi connectivity index (χ2n) is 8.38. The van der Waals surface area contributed by atoms with Gasteiger partial charge in [0.25, 0.3) is 11.7 Å². The van der Waals surface area contributed by atoms with Gasteiger partial charge in [-0.2, -0.15) is 0 Å². The van der Waals surface area contributed by atoms with E-state index in [-0.39, 0.29) is 17.9 Å². The Morgan fingerprint density at radius 3 is 2.31 bits per heavy atom. The van der Waals surface area contributed by atoms with Crippen LogP contribution < -0.4 is 9.47 Å². The van der Waals surface area contributed by atoms with Crippen LogP contribution in [0, 0.1) is 0 Å². The van der Waals surface area contributed by atoms with Crippen LogP contribution in [0.15, 0.2) is 78.4 Å². The van der Waals surface area contributed by atoms with Crippen molar-refractivity contribution in [2.75, 3.05) is 20.3 Å². The molecule has 1 N–H and O–H groups in total. The first-order valence-electron chi connectivity index (χ1n) is 11.4. The number of likely N-dealkylation sites (tertiary alicyclic amines) is 1. The van der Waals surface area contributed by atoms with E-state index < -0.39 is 23.7 Å². The first-order valence-corrected chi connectivity index (χ1v) is 11.4. The lowest BCUT2D eigenvalue weighted by Gasteiger charge is -2.26. The zero-order chi connectivity index (χ0) is 25.2. The van der Waals surface area contributed by atoms with Gasteiger partial charge < -0.3 is 24.2 Å². The van der Waals surface area contributed by atoms with Gasteiger partial charge in [-0.1, -0.05) is 42.5 Å². The molecule has 1 fully saturated rings. The molecule has 2 heterocycles. The van der Waals surface area contributed by atoms with Crippen LogP contribution in [-0.4, -0.2) is 48.0 Å². The van der Waals surface area contributed by atoms with E-state index >= 15 is 0 Å². The number of nitrogens with zero attached hydrogens (tertiary/aromatic N) is 1. The smallest absolute Gasteiger partial charge is 0.337 e. The summed E-state index contributed by atoms with van der Waals surface area (Å²) in [6, 6.07) is 19.7. The van der Waals surface area contributed by atoms with Gasteiger partial charge in [0.05, 0.1) is 24.3 Å². The fourth-order valence-electron chi connectivity index (χ4n) is 4.44. The maximum atomic E-state index is 13.3. The predicted molar refractivity (Wildman–Crippen MR) is 130 cm³/mol. The van der Waals surface area contributed by atoms with Crippen LogP contribution in [0.4, 0.5) is 0 Å². The molecule has 8 heteroatoms. The van der Waals surface area contributed by atoms with Gasteiger partial charge in [0.2, 0.25) is 0 Å². The molecule has 182 valence electrons. The second kappa shape index (κ2) is 9.58. The van der Waals surface area contributed by atoms with E-state index in [0.29, 0.717) is 41.4 Å².